The van der Waals surface area contributed by atoms with Crippen LogP contribution in [0, 0.1) is 11.6 Å². The summed E-state index contributed by atoms with van der Waals surface area (Å²) in [6.45, 7) is 10.7. The van der Waals surface area contributed by atoms with Crippen LogP contribution in [0.2, 0.25) is 0 Å². The largest absolute Gasteiger partial charge is 0.381 e. The summed E-state index contributed by atoms with van der Waals surface area (Å²) in [5.74, 6) is -1.24. The van der Waals surface area contributed by atoms with Gasteiger partial charge < -0.3 is 25.6 Å². The van der Waals surface area contributed by atoms with Crippen LogP contribution in [0.4, 0.5) is 20.2 Å². The summed E-state index contributed by atoms with van der Waals surface area (Å²) < 4.78 is 36.2. The molecule has 13 heteroatoms. The van der Waals surface area contributed by atoms with Gasteiger partial charge in [0.2, 0.25) is 0 Å². The number of hydrogen-bond acceptors (Lipinski definition) is 8. The molecule has 3 N–H and O–H groups in total. The smallest absolute Gasteiger partial charge is 0.251 e. The van der Waals surface area contributed by atoms with E-state index in [1.165, 1.54) is 18.2 Å². The third kappa shape index (κ3) is 9.74. The van der Waals surface area contributed by atoms with Gasteiger partial charge in [0.05, 0.1) is 17.3 Å². The highest BCUT2D eigenvalue weighted by molar-refractivity contribution is 6.00. The molecule has 0 bridgehead atoms. The molecule has 2 aliphatic heterocycles. The van der Waals surface area contributed by atoms with Crippen LogP contribution in [0.25, 0.3) is 22.2 Å². The number of aryl methyl sites for hydroxylation is 2. The van der Waals surface area contributed by atoms with Crippen molar-refractivity contribution in [3.63, 3.8) is 0 Å². The van der Waals surface area contributed by atoms with Gasteiger partial charge in [-0.25, -0.2) is 18.4 Å². The number of nitrogens with zero attached hydrogens (tertiary/aromatic N) is 5. The molecule has 0 radical (unpaired) electrons. The first-order valence-electron chi connectivity index (χ1n) is 21.2. The predicted octanol–water partition coefficient (Wildman–Crippen LogP) is 7.73. The Morgan fingerprint density at radius 2 is 1.52 bits per heavy atom. The zero-order chi connectivity index (χ0) is 42.3. The van der Waals surface area contributed by atoms with Gasteiger partial charge in [0.1, 0.15) is 11.6 Å². The van der Waals surface area contributed by atoms with Crippen molar-refractivity contribution in [2.45, 2.75) is 65.3 Å². The van der Waals surface area contributed by atoms with Crippen LogP contribution in [0.3, 0.4) is 0 Å². The molecule has 2 saturated heterocycles. The first-order valence-corrected chi connectivity index (χ1v) is 21.2. The second-order valence-electron chi connectivity index (χ2n) is 15.7. The van der Waals surface area contributed by atoms with E-state index in [2.05, 4.69) is 43.8 Å². The molecule has 6 aromatic rings. The number of rotatable bonds is 14. The number of carbonyl (C=O) groups is 2. The fraction of sp³-hybridized carbons (Fsp3) is 0.333. The lowest BCUT2D eigenvalue weighted by Gasteiger charge is -2.36. The van der Waals surface area contributed by atoms with E-state index in [1.807, 2.05) is 48.1 Å². The first-order chi connectivity index (χ1) is 29.8. The van der Waals surface area contributed by atoms with E-state index in [9.17, 15) is 14.0 Å². The van der Waals surface area contributed by atoms with Gasteiger partial charge in [0, 0.05) is 105 Å². The molecule has 2 aromatic heterocycles. The highest BCUT2D eigenvalue weighted by Crippen LogP contribution is 2.32. The second kappa shape index (κ2) is 19.0. The van der Waals surface area contributed by atoms with E-state index in [0.717, 1.165) is 95.9 Å². The van der Waals surface area contributed by atoms with Crippen LogP contribution in [0.15, 0.2) is 97.2 Å². The quantitative estimate of drug-likeness (QED) is 0.102. The number of ether oxygens (including phenoxy) is 1. The molecular weight excluding hydrogens is 775 g/mol. The molecular formula is C48H52F2N8O3. The normalized spacial score (nSPS) is 14.9. The van der Waals surface area contributed by atoms with Gasteiger partial charge in [-0.05, 0) is 104 Å². The van der Waals surface area contributed by atoms with Crippen molar-refractivity contribution in [3.05, 3.63) is 142 Å². The first kappa shape index (κ1) is 41.5. The van der Waals surface area contributed by atoms with Crippen molar-refractivity contribution in [2.24, 2.45) is 0 Å². The average Bonchev–Trinajstić information content (AvgIpc) is 3.72. The summed E-state index contributed by atoms with van der Waals surface area (Å²) in [7, 11) is 0. The minimum atomic E-state index is -0.346. The lowest BCUT2D eigenvalue weighted by atomic mass is 10.00. The third-order valence-electron chi connectivity index (χ3n) is 11.7. The lowest BCUT2D eigenvalue weighted by molar-refractivity contribution is 0.0904. The zero-order valence-electron chi connectivity index (χ0n) is 34.7. The van der Waals surface area contributed by atoms with E-state index >= 15 is 4.39 Å². The predicted molar refractivity (Wildman–Crippen MR) is 235 cm³/mol. The van der Waals surface area contributed by atoms with Gasteiger partial charge in [-0.15, -0.1) is 0 Å². The van der Waals surface area contributed by atoms with Crippen LogP contribution in [-0.2, 0) is 37.3 Å². The second-order valence-corrected chi connectivity index (χ2v) is 15.7. The van der Waals surface area contributed by atoms with Crippen molar-refractivity contribution >= 4 is 34.2 Å². The maximum Gasteiger partial charge on any atom is 0.251 e. The number of benzene rings is 4. The molecule has 2 aliphatic rings. The highest BCUT2D eigenvalue weighted by Gasteiger charge is 2.23. The fourth-order valence-corrected chi connectivity index (χ4v) is 8.27. The molecule has 0 aliphatic carbocycles. The van der Waals surface area contributed by atoms with E-state index in [4.69, 9.17) is 9.72 Å². The van der Waals surface area contributed by atoms with Gasteiger partial charge >= 0.3 is 0 Å². The number of halogens is 2. The Hall–Kier alpha value is -6.18. The maximum atomic E-state index is 15.3. The molecule has 2 amide bonds. The maximum absolute atomic E-state index is 15.3. The highest BCUT2D eigenvalue weighted by atomic mass is 19.1. The number of fused-ring (bicyclic) bond motifs is 1. The Labute approximate surface area is 355 Å². The molecule has 4 aromatic carbocycles. The molecule has 0 saturated carbocycles. The number of nitrogens with one attached hydrogen (secondary N) is 3. The van der Waals surface area contributed by atoms with Crippen molar-refractivity contribution in [2.75, 3.05) is 49.6 Å². The minimum Gasteiger partial charge on any atom is -0.381 e. The molecule has 11 nitrogen and oxygen atoms in total. The van der Waals surface area contributed by atoms with Gasteiger partial charge in [-0.2, -0.15) is 5.10 Å². The van der Waals surface area contributed by atoms with Crippen molar-refractivity contribution < 1.29 is 23.1 Å². The van der Waals surface area contributed by atoms with E-state index in [-0.39, 0.29) is 42.6 Å². The molecule has 8 rings (SSSR count). The Morgan fingerprint density at radius 3 is 2.25 bits per heavy atom. The number of anilines is 2. The van der Waals surface area contributed by atoms with Crippen molar-refractivity contribution in [1.29, 1.82) is 0 Å². The summed E-state index contributed by atoms with van der Waals surface area (Å²) in [5, 5.41) is 15.3. The minimum absolute atomic E-state index is 0.174. The number of amides is 2. The van der Waals surface area contributed by atoms with E-state index in [1.54, 1.807) is 36.4 Å². The van der Waals surface area contributed by atoms with Gasteiger partial charge in [0.15, 0.2) is 5.65 Å². The Kier molecular flexibility index (Phi) is 13.0. The summed E-state index contributed by atoms with van der Waals surface area (Å²) in [4.78, 5) is 36.7. The lowest BCUT2D eigenvalue weighted by Crippen LogP contribution is -2.45. The number of aromatic nitrogens is 3. The summed E-state index contributed by atoms with van der Waals surface area (Å²) >= 11 is 0. The number of hydrogen-bond donors (Lipinski definition) is 3. The standard InChI is InChI=1S/C48H52F2N8O3/c1-3-44-41(45(54-38-17-23-61-24-18-38)42-30-53-58(4-2)46(42)55-44)29-52-48(60)36-10-6-9-35(27-36)47(59)51-28-32-11-16-43(50)40(26-32)34-8-5-7-33(25-34)31-56-19-21-57(22-20-56)39-14-12-37(49)13-15-39/h5-16,25-27,30,38H,3-4,17-24,28-29,31H2,1-2H3,(H,51,59)(H,52,60)(H,54,55). The summed E-state index contributed by atoms with van der Waals surface area (Å²) in [6, 6.07) is 26.3. The molecule has 4 heterocycles. The summed E-state index contributed by atoms with van der Waals surface area (Å²) in [6.07, 6.45) is 4.28. The van der Waals surface area contributed by atoms with Crippen LogP contribution >= 0.6 is 0 Å². The average molecular weight is 827 g/mol. The third-order valence-corrected chi connectivity index (χ3v) is 11.7. The Balaban J connectivity index is 0.897. The fourth-order valence-electron chi connectivity index (χ4n) is 8.27. The van der Waals surface area contributed by atoms with Crippen LogP contribution < -0.4 is 20.9 Å². The van der Waals surface area contributed by atoms with Crippen LogP contribution in [0.1, 0.15) is 69.8 Å². The number of carbonyl (C=O) groups excluding carboxylic acids is 2. The molecule has 0 atom stereocenters. The van der Waals surface area contributed by atoms with E-state index < -0.39 is 0 Å². The molecule has 2 fully saturated rings. The Morgan fingerprint density at radius 1 is 0.803 bits per heavy atom. The molecule has 0 unspecified atom stereocenters. The molecule has 61 heavy (non-hydrogen) atoms. The summed E-state index contributed by atoms with van der Waals surface area (Å²) in [5.41, 5.74) is 8.31. The Bertz CT molecular complexity index is 2490. The zero-order valence-corrected chi connectivity index (χ0v) is 34.7. The molecule has 316 valence electrons. The van der Waals surface area contributed by atoms with Gasteiger partial charge in [-0.1, -0.05) is 37.3 Å². The van der Waals surface area contributed by atoms with Crippen molar-refractivity contribution in [1.82, 2.24) is 30.3 Å². The van der Waals surface area contributed by atoms with Gasteiger partial charge in [0.25, 0.3) is 11.8 Å². The van der Waals surface area contributed by atoms with E-state index in [0.29, 0.717) is 42.9 Å². The molecule has 0 spiro atoms. The SMILES string of the molecule is CCc1nc2c(cnn2CC)c(NC2CCOCC2)c1CNC(=O)c1cccc(C(=O)NCc2ccc(F)c(-c3cccc(CN4CCN(c5ccc(F)cc5)CC4)c3)c2)c1. The monoisotopic (exact) mass is 826 g/mol. The van der Waals surface area contributed by atoms with Crippen LogP contribution in [-0.4, -0.2) is 76.9 Å². The number of pyridine rings is 1. The topological polar surface area (TPSA) is 117 Å². The van der Waals surface area contributed by atoms with Crippen molar-refractivity contribution in [3.8, 4) is 11.1 Å². The van der Waals surface area contributed by atoms with Crippen LogP contribution in [0.5, 0.6) is 0 Å². The van der Waals surface area contributed by atoms with Gasteiger partial charge in [-0.3, -0.25) is 14.5 Å². The number of piperazine rings is 1.